The lowest BCUT2D eigenvalue weighted by Crippen LogP contribution is -2.17. The van der Waals surface area contributed by atoms with Crippen molar-refractivity contribution in [1.82, 2.24) is 9.97 Å². The van der Waals surface area contributed by atoms with Gasteiger partial charge >= 0.3 is 0 Å². The Labute approximate surface area is 105 Å². The first-order valence-corrected chi connectivity index (χ1v) is 6.94. The molecule has 2 aromatic rings. The third kappa shape index (κ3) is 3.35. The van der Waals surface area contributed by atoms with Crippen molar-refractivity contribution in [1.29, 1.82) is 0 Å². The molecule has 0 spiro atoms. The highest BCUT2D eigenvalue weighted by atomic mass is 32.2. The zero-order valence-corrected chi connectivity index (χ0v) is 10.3. The Balaban J connectivity index is 2.42. The van der Waals surface area contributed by atoms with Crippen molar-refractivity contribution in [3.8, 4) is 0 Å². The van der Waals surface area contributed by atoms with Crippen LogP contribution in [0.1, 0.15) is 17.3 Å². The molecule has 0 saturated carbocycles. The summed E-state index contributed by atoms with van der Waals surface area (Å²) in [5.74, 6) is -0.997. The van der Waals surface area contributed by atoms with Crippen molar-refractivity contribution in [2.75, 3.05) is 5.75 Å². The van der Waals surface area contributed by atoms with E-state index in [0.717, 1.165) is 0 Å². The van der Waals surface area contributed by atoms with Crippen LogP contribution >= 0.6 is 0 Å². The Morgan fingerprint density at radius 3 is 1.83 bits per heavy atom. The van der Waals surface area contributed by atoms with E-state index in [9.17, 15) is 8.42 Å². The largest absolute Gasteiger partial charge is 0.286 e. The van der Waals surface area contributed by atoms with Crippen LogP contribution in [0.15, 0.2) is 48.8 Å². The van der Waals surface area contributed by atoms with Gasteiger partial charge < -0.3 is 0 Å². The molecular weight excluding hydrogens is 252 g/mol. The van der Waals surface area contributed by atoms with Gasteiger partial charge in [0.2, 0.25) is 0 Å². The summed E-state index contributed by atoms with van der Waals surface area (Å²) in [6.07, 6.45) is 3.16. The van der Waals surface area contributed by atoms with Crippen LogP contribution in [0.2, 0.25) is 0 Å². The van der Waals surface area contributed by atoms with Crippen LogP contribution < -0.4 is 0 Å². The van der Waals surface area contributed by atoms with Gasteiger partial charge in [-0.15, -0.1) is 0 Å². The Kier molecular flexibility index (Phi) is 3.69. The molecule has 0 saturated heterocycles. The second-order valence-corrected chi connectivity index (χ2v) is 5.31. The molecule has 0 aromatic carbocycles. The summed E-state index contributed by atoms with van der Waals surface area (Å²) >= 11 is 0. The molecule has 0 atom stereocenters. The first-order chi connectivity index (χ1) is 8.56. The van der Waals surface area contributed by atoms with Crippen LogP contribution in [-0.2, 0) is 10.1 Å². The molecule has 18 heavy (non-hydrogen) atoms. The van der Waals surface area contributed by atoms with Gasteiger partial charge in [-0.2, -0.15) is 8.42 Å². The van der Waals surface area contributed by atoms with Gasteiger partial charge in [0.25, 0.3) is 10.1 Å². The molecule has 94 valence electrons. The van der Waals surface area contributed by atoms with Gasteiger partial charge in [-0.05, 0) is 24.3 Å². The average molecular weight is 264 g/mol. The number of nitrogens with zero attached hydrogens (tertiary/aromatic N) is 2. The summed E-state index contributed by atoms with van der Waals surface area (Å²) < 4.78 is 31.2. The van der Waals surface area contributed by atoms with E-state index >= 15 is 0 Å². The van der Waals surface area contributed by atoms with Gasteiger partial charge in [0.1, 0.15) is 0 Å². The molecule has 2 aromatic heterocycles. The molecule has 0 aliphatic heterocycles. The van der Waals surface area contributed by atoms with Crippen molar-refractivity contribution in [3.05, 3.63) is 60.2 Å². The molecule has 1 N–H and O–H groups in total. The smallest absolute Gasteiger partial charge is 0.265 e. The minimum Gasteiger partial charge on any atom is -0.286 e. The van der Waals surface area contributed by atoms with Crippen molar-refractivity contribution in [2.24, 2.45) is 0 Å². The fourth-order valence-corrected chi connectivity index (χ4v) is 2.46. The third-order valence-corrected chi connectivity index (χ3v) is 3.22. The van der Waals surface area contributed by atoms with Crippen LogP contribution in [0.3, 0.4) is 0 Å². The van der Waals surface area contributed by atoms with E-state index in [4.69, 9.17) is 4.55 Å². The molecule has 0 amide bonds. The van der Waals surface area contributed by atoms with E-state index in [0.29, 0.717) is 11.4 Å². The number of hydrogen-bond donors (Lipinski definition) is 1. The van der Waals surface area contributed by atoms with Crippen LogP contribution in [0.4, 0.5) is 0 Å². The van der Waals surface area contributed by atoms with E-state index in [-0.39, 0.29) is 0 Å². The van der Waals surface area contributed by atoms with E-state index in [1.807, 2.05) is 0 Å². The minimum atomic E-state index is -4.10. The first kappa shape index (κ1) is 12.7. The number of rotatable bonds is 4. The molecule has 0 unspecified atom stereocenters. The van der Waals surface area contributed by atoms with Crippen LogP contribution in [-0.4, -0.2) is 28.7 Å². The molecule has 0 aliphatic rings. The summed E-state index contributed by atoms with van der Waals surface area (Å²) in [5, 5.41) is 0. The SMILES string of the molecule is O=S(=O)(O)CC(c1ccccn1)c1ccccn1. The molecule has 0 radical (unpaired) electrons. The zero-order chi connectivity index (χ0) is 13.0. The second kappa shape index (κ2) is 5.24. The van der Waals surface area contributed by atoms with Crippen molar-refractivity contribution in [3.63, 3.8) is 0 Å². The van der Waals surface area contributed by atoms with Crippen LogP contribution in [0.25, 0.3) is 0 Å². The van der Waals surface area contributed by atoms with E-state index in [2.05, 4.69) is 9.97 Å². The summed E-state index contributed by atoms with van der Waals surface area (Å²) in [6, 6.07) is 10.4. The van der Waals surface area contributed by atoms with Crippen molar-refractivity contribution in [2.45, 2.75) is 5.92 Å². The molecule has 0 aliphatic carbocycles. The highest BCUT2D eigenvalue weighted by molar-refractivity contribution is 7.85. The van der Waals surface area contributed by atoms with Crippen LogP contribution in [0, 0.1) is 0 Å². The molecule has 6 heteroatoms. The number of aromatic nitrogens is 2. The number of pyridine rings is 2. The quantitative estimate of drug-likeness (QED) is 0.846. The molecular formula is C12H12N2O3S. The van der Waals surface area contributed by atoms with Crippen molar-refractivity contribution >= 4 is 10.1 Å². The molecule has 2 rings (SSSR count). The lowest BCUT2D eigenvalue weighted by Gasteiger charge is -2.13. The highest BCUT2D eigenvalue weighted by Crippen LogP contribution is 2.22. The van der Waals surface area contributed by atoms with Gasteiger partial charge in [0, 0.05) is 12.4 Å². The van der Waals surface area contributed by atoms with E-state index < -0.39 is 21.8 Å². The standard InChI is InChI=1S/C12H12N2O3S/c15-18(16,17)9-10(11-5-1-3-7-13-11)12-6-2-4-8-14-12/h1-8,10H,9H2,(H,15,16,17). The predicted molar refractivity (Wildman–Crippen MR) is 66.7 cm³/mol. The Morgan fingerprint density at radius 1 is 1.00 bits per heavy atom. The Morgan fingerprint density at radius 2 is 1.50 bits per heavy atom. The summed E-state index contributed by atoms with van der Waals surface area (Å²) in [5.41, 5.74) is 1.13. The highest BCUT2D eigenvalue weighted by Gasteiger charge is 2.22. The third-order valence-electron chi connectivity index (χ3n) is 2.47. The molecule has 0 bridgehead atoms. The maximum absolute atomic E-state index is 11.1. The van der Waals surface area contributed by atoms with Gasteiger partial charge in [0.15, 0.2) is 0 Å². The Bertz CT molecular complexity index is 560. The zero-order valence-electron chi connectivity index (χ0n) is 9.47. The monoisotopic (exact) mass is 264 g/mol. The lowest BCUT2D eigenvalue weighted by atomic mass is 10.0. The summed E-state index contributed by atoms with van der Waals surface area (Å²) in [4.78, 5) is 8.25. The fourth-order valence-electron chi connectivity index (χ4n) is 1.70. The van der Waals surface area contributed by atoms with E-state index in [1.165, 1.54) is 0 Å². The number of hydrogen-bond acceptors (Lipinski definition) is 4. The Hall–Kier alpha value is -1.79. The molecule has 5 nitrogen and oxygen atoms in total. The van der Waals surface area contributed by atoms with Gasteiger partial charge in [-0.3, -0.25) is 14.5 Å². The molecule has 2 heterocycles. The minimum absolute atomic E-state index is 0.430. The summed E-state index contributed by atoms with van der Waals surface area (Å²) in [6.45, 7) is 0. The normalized spacial score (nSPS) is 11.7. The second-order valence-electron chi connectivity index (χ2n) is 3.81. The van der Waals surface area contributed by atoms with Gasteiger partial charge in [-0.1, -0.05) is 12.1 Å². The molecule has 0 fully saturated rings. The first-order valence-electron chi connectivity index (χ1n) is 5.33. The maximum Gasteiger partial charge on any atom is 0.265 e. The van der Waals surface area contributed by atoms with Gasteiger partial charge in [-0.25, -0.2) is 0 Å². The topological polar surface area (TPSA) is 80.2 Å². The van der Waals surface area contributed by atoms with E-state index in [1.54, 1.807) is 48.8 Å². The van der Waals surface area contributed by atoms with Gasteiger partial charge in [0.05, 0.1) is 23.1 Å². The average Bonchev–Trinajstić information content (AvgIpc) is 2.37. The van der Waals surface area contributed by atoms with Crippen LogP contribution in [0.5, 0.6) is 0 Å². The predicted octanol–water partition coefficient (Wildman–Crippen LogP) is 1.50. The summed E-state index contributed by atoms with van der Waals surface area (Å²) in [7, 11) is -4.10. The fraction of sp³-hybridized carbons (Fsp3) is 0.167. The van der Waals surface area contributed by atoms with Crippen molar-refractivity contribution < 1.29 is 13.0 Å². The lowest BCUT2D eigenvalue weighted by molar-refractivity contribution is 0.479. The maximum atomic E-state index is 11.1.